The smallest absolute Gasteiger partial charge is 0.310 e. The van der Waals surface area contributed by atoms with E-state index in [2.05, 4.69) is 20.8 Å². The van der Waals surface area contributed by atoms with Gasteiger partial charge in [0.2, 0.25) is 0 Å². The number of hydrogen-bond donors (Lipinski definition) is 0. The molecule has 1 aromatic rings. The predicted molar refractivity (Wildman–Crippen MR) is 86.4 cm³/mol. The zero-order chi connectivity index (χ0) is 16.4. The van der Waals surface area contributed by atoms with Crippen molar-refractivity contribution < 1.29 is 14.3 Å². The molecule has 0 amide bonds. The second-order valence-electron chi connectivity index (χ2n) is 7.24. The summed E-state index contributed by atoms with van der Waals surface area (Å²) in [5.74, 6) is 0.205. The van der Waals surface area contributed by atoms with E-state index in [4.69, 9.17) is 4.74 Å². The van der Waals surface area contributed by atoms with Crippen LogP contribution >= 0.6 is 0 Å². The Morgan fingerprint density at radius 2 is 1.82 bits per heavy atom. The lowest BCUT2D eigenvalue weighted by Gasteiger charge is -2.39. The standard InChI is InChI=1S/C19H26O3/c1-14-10-11-19(4,18(14,2)3)16(20)13-22-17(21)12-15-8-6-5-7-9-15/h5-9,14H,10-13H2,1-4H3/t14-,19+/m0/s1. The number of hydrogen-bond acceptors (Lipinski definition) is 3. The minimum Gasteiger partial charge on any atom is -0.457 e. The third-order valence-corrected chi connectivity index (χ3v) is 5.90. The van der Waals surface area contributed by atoms with Crippen LogP contribution in [0.25, 0.3) is 0 Å². The van der Waals surface area contributed by atoms with E-state index in [-0.39, 0.29) is 30.2 Å². The van der Waals surface area contributed by atoms with Crippen LogP contribution in [-0.4, -0.2) is 18.4 Å². The van der Waals surface area contributed by atoms with Gasteiger partial charge in [-0.25, -0.2) is 0 Å². The van der Waals surface area contributed by atoms with Gasteiger partial charge in [-0.3, -0.25) is 9.59 Å². The van der Waals surface area contributed by atoms with Crippen molar-refractivity contribution >= 4 is 11.8 Å². The van der Waals surface area contributed by atoms with Gasteiger partial charge in [0.15, 0.2) is 12.4 Å². The SMILES string of the molecule is C[C@H]1CC[C@](C)(C(=O)COC(=O)Cc2ccccc2)C1(C)C. The monoisotopic (exact) mass is 302 g/mol. The van der Waals surface area contributed by atoms with Crippen LogP contribution in [0.3, 0.4) is 0 Å². The van der Waals surface area contributed by atoms with Gasteiger partial charge in [0, 0.05) is 5.41 Å². The molecule has 1 fully saturated rings. The van der Waals surface area contributed by atoms with Crippen molar-refractivity contribution in [2.45, 2.75) is 47.0 Å². The van der Waals surface area contributed by atoms with Gasteiger partial charge in [-0.1, -0.05) is 58.0 Å². The van der Waals surface area contributed by atoms with Crippen LogP contribution in [0.5, 0.6) is 0 Å². The van der Waals surface area contributed by atoms with Crippen molar-refractivity contribution in [2.75, 3.05) is 6.61 Å². The van der Waals surface area contributed by atoms with E-state index in [0.717, 1.165) is 18.4 Å². The average molecular weight is 302 g/mol. The van der Waals surface area contributed by atoms with Gasteiger partial charge in [-0.05, 0) is 29.7 Å². The molecule has 0 bridgehead atoms. The zero-order valence-corrected chi connectivity index (χ0v) is 14.0. The summed E-state index contributed by atoms with van der Waals surface area (Å²) in [5.41, 5.74) is 0.441. The molecule has 0 unspecified atom stereocenters. The summed E-state index contributed by atoms with van der Waals surface area (Å²) in [4.78, 5) is 24.5. The Balaban J connectivity index is 1.92. The quantitative estimate of drug-likeness (QED) is 0.777. The van der Waals surface area contributed by atoms with E-state index in [1.807, 2.05) is 37.3 Å². The third-order valence-electron chi connectivity index (χ3n) is 5.90. The normalized spacial score (nSPS) is 26.6. The first-order chi connectivity index (χ1) is 10.3. The second kappa shape index (κ2) is 6.23. The first-order valence-electron chi connectivity index (χ1n) is 8.00. The van der Waals surface area contributed by atoms with Gasteiger partial charge in [0.25, 0.3) is 0 Å². The molecule has 3 nitrogen and oxygen atoms in total. The summed E-state index contributed by atoms with van der Waals surface area (Å²) in [5, 5.41) is 0. The maximum absolute atomic E-state index is 12.6. The van der Waals surface area contributed by atoms with Crippen LogP contribution in [0.15, 0.2) is 30.3 Å². The Kier molecular flexibility index (Phi) is 4.74. The molecule has 0 spiro atoms. The topological polar surface area (TPSA) is 43.4 Å². The van der Waals surface area contributed by atoms with Crippen molar-refractivity contribution in [1.82, 2.24) is 0 Å². The number of Topliss-reactive ketones (excluding diaryl/α,β-unsaturated/α-hetero) is 1. The fourth-order valence-corrected chi connectivity index (χ4v) is 3.35. The maximum atomic E-state index is 12.6. The van der Waals surface area contributed by atoms with Crippen molar-refractivity contribution in [1.29, 1.82) is 0 Å². The summed E-state index contributed by atoms with van der Waals surface area (Å²) in [6.07, 6.45) is 2.13. The number of carbonyl (C=O) groups is 2. The molecule has 2 rings (SSSR count). The van der Waals surface area contributed by atoms with Crippen molar-refractivity contribution in [2.24, 2.45) is 16.7 Å². The van der Waals surface area contributed by atoms with Gasteiger partial charge in [-0.2, -0.15) is 0 Å². The van der Waals surface area contributed by atoms with Crippen LogP contribution in [0, 0.1) is 16.7 Å². The molecule has 1 aromatic carbocycles. The van der Waals surface area contributed by atoms with Crippen LogP contribution in [-0.2, 0) is 20.7 Å². The molecular formula is C19H26O3. The van der Waals surface area contributed by atoms with E-state index in [0.29, 0.717) is 5.92 Å². The fourth-order valence-electron chi connectivity index (χ4n) is 3.35. The minimum atomic E-state index is -0.403. The van der Waals surface area contributed by atoms with Gasteiger partial charge < -0.3 is 4.74 Å². The highest BCUT2D eigenvalue weighted by Crippen LogP contribution is 2.56. The minimum absolute atomic E-state index is 0.0447. The Bertz CT molecular complexity index is 547. The molecule has 120 valence electrons. The molecule has 1 aliphatic carbocycles. The Labute approximate surface area is 133 Å². The molecular weight excluding hydrogens is 276 g/mol. The molecule has 0 saturated heterocycles. The van der Waals surface area contributed by atoms with Crippen LogP contribution in [0.1, 0.15) is 46.1 Å². The van der Waals surface area contributed by atoms with E-state index >= 15 is 0 Å². The summed E-state index contributed by atoms with van der Waals surface area (Å²) >= 11 is 0. The predicted octanol–water partition coefficient (Wildman–Crippen LogP) is 3.80. The molecule has 22 heavy (non-hydrogen) atoms. The van der Waals surface area contributed by atoms with Crippen LogP contribution in [0.4, 0.5) is 0 Å². The Morgan fingerprint density at radius 1 is 1.18 bits per heavy atom. The lowest BCUT2D eigenvalue weighted by atomic mass is 9.64. The van der Waals surface area contributed by atoms with Crippen molar-refractivity contribution in [3.8, 4) is 0 Å². The molecule has 0 heterocycles. The summed E-state index contributed by atoms with van der Waals surface area (Å²) in [7, 11) is 0. The van der Waals surface area contributed by atoms with Gasteiger partial charge >= 0.3 is 5.97 Å². The zero-order valence-electron chi connectivity index (χ0n) is 14.0. The van der Waals surface area contributed by atoms with E-state index < -0.39 is 5.41 Å². The first kappa shape index (κ1) is 16.7. The lowest BCUT2D eigenvalue weighted by Crippen LogP contribution is -2.42. The highest BCUT2D eigenvalue weighted by molar-refractivity contribution is 5.88. The molecule has 0 radical (unpaired) electrons. The van der Waals surface area contributed by atoms with Gasteiger partial charge in [0.1, 0.15) is 0 Å². The average Bonchev–Trinajstić information content (AvgIpc) is 2.70. The molecule has 3 heteroatoms. The Morgan fingerprint density at radius 3 is 2.36 bits per heavy atom. The number of carbonyl (C=O) groups excluding carboxylic acids is 2. The number of ether oxygens (including phenoxy) is 1. The van der Waals surface area contributed by atoms with Gasteiger partial charge in [0.05, 0.1) is 6.42 Å². The molecule has 2 atom stereocenters. The summed E-state index contributed by atoms with van der Waals surface area (Å²) in [6.45, 7) is 8.39. The van der Waals surface area contributed by atoms with Gasteiger partial charge in [-0.15, -0.1) is 0 Å². The third kappa shape index (κ3) is 3.08. The molecule has 0 aliphatic heterocycles. The number of esters is 1. The van der Waals surface area contributed by atoms with Crippen LogP contribution < -0.4 is 0 Å². The van der Waals surface area contributed by atoms with Crippen LogP contribution in [0.2, 0.25) is 0 Å². The van der Waals surface area contributed by atoms with E-state index in [1.165, 1.54) is 0 Å². The highest BCUT2D eigenvalue weighted by atomic mass is 16.5. The summed E-state index contributed by atoms with van der Waals surface area (Å²) in [6, 6.07) is 9.44. The summed E-state index contributed by atoms with van der Waals surface area (Å²) < 4.78 is 5.23. The largest absolute Gasteiger partial charge is 0.457 e. The number of rotatable bonds is 5. The van der Waals surface area contributed by atoms with E-state index in [9.17, 15) is 9.59 Å². The lowest BCUT2D eigenvalue weighted by molar-refractivity contribution is -0.152. The first-order valence-corrected chi connectivity index (χ1v) is 8.00. The molecule has 0 N–H and O–H groups in total. The fraction of sp³-hybridized carbons (Fsp3) is 0.579. The molecule has 1 saturated carbocycles. The second-order valence-corrected chi connectivity index (χ2v) is 7.24. The maximum Gasteiger partial charge on any atom is 0.310 e. The van der Waals surface area contributed by atoms with Crippen molar-refractivity contribution in [3.63, 3.8) is 0 Å². The number of benzene rings is 1. The highest BCUT2D eigenvalue weighted by Gasteiger charge is 2.53. The van der Waals surface area contributed by atoms with Crippen molar-refractivity contribution in [3.05, 3.63) is 35.9 Å². The van der Waals surface area contributed by atoms with E-state index in [1.54, 1.807) is 0 Å². The molecule has 0 aromatic heterocycles. The Hall–Kier alpha value is -1.64. The molecule has 1 aliphatic rings. The number of ketones is 1.